The molecule has 0 saturated heterocycles. The maximum atomic E-state index is 5.47. The predicted molar refractivity (Wildman–Crippen MR) is 58.6 cm³/mol. The minimum Gasteiger partial charge on any atom is -0.366 e. The molecule has 0 aromatic carbocycles. The SMILES string of the molecule is Cc1nc(-n2nc(N)nc2Br)sc1C. The van der Waals surface area contributed by atoms with E-state index in [9.17, 15) is 0 Å². The lowest BCUT2D eigenvalue weighted by molar-refractivity contribution is 0.845. The molecule has 2 heterocycles. The number of thiazole rings is 1. The van der Waals surface area contributed by atoms with E-state index in [0.29, 0.717) is 4.73 Å². The fraction of sp³-hybridized carbons (Fsp3) is 0.286. The molecule has 5 nitrogen and oxygen atoms in total. The van der Waals surface area contributed by atoms with Crippen LogP contribution in [0.3, 0.4) is 0 Å². The fourth-order valence-electron chi connectivity index (χ4n) is 0.976. The van der Waals surface area contributed by atoms with Crippen molar-refractivity contribution in [1.29, 1.82) is 0 Å². The van der Waals surface area contributed by atoms with Gasteiger partial charge in [0, 0.05) is 4.88 Å². The van der Waals surface area contributed by atoms with Gasteiger partial charge in [0.2, 0.25) is 15.8 Å². The second kappa shape index (κ2) is 3.32. The molecule has 0 bridgehead atoms. The average Bonchev–Trinajstić information content (AvgIpc) is 2.57. The van der Waals surface area contributed by atoms with Crippen molar-refractivity contribution < 1.29 is 0 Å². The van der Waals surface area contributed by atoms with Crippen LogP contribution in [0.2, 0.25) is 0 Å². The molecule has 0 saturated carbocycles. The molecule has 7 heteroatoms. The molecule has 0 unspecified atom stereocenters. The molecule has 2 aromatic rings. The zero-order chi connectivity index (χ0) is 10.3. The van der Waals surface area contributed by atoms with Crippen LogP contribution < -0.4 is 5.73 Å². The number of nitrogens with two attached hydrogens (primary N) is 1. The molecule has 2 rings (SSSR count). The standard InChI is InChI=1S/C7H8BrN5S/c1-3-4(2)14-7(10-3)13-5(8)11-6(9)12-13/h1-2H3,(H2,9,12). The summed E-state index contributed by atoms with van der Waals surface area (Å²) in [6.07, 6.45) is 0. The number of aromatic nitrogens is 4. The van der Waals surface area contributed by atoms with Crippen LogP contribution in [0.15, 0.2) is 4.73 Å². The average molecular weight is 274 g/mol. The maximum absolute atomic E-state index is 5.47. The largest absolute Gasteiger partial charge is 0.366 e. The van der Waals surface area contributed by atoms with Crippen molar-refractivity contribution in [2.75, 3.05) is 5.73 Å². The molecule has 0 radical (unpaired) electrons. The number of anilines is 1. The summed E-state index contributed by atoms with van der Waals surface area (Å²) >= 11 is 4.82. The van der Waals surface area contributed by atoms with E-state index >= 15 is 0 Å². The van der Waals surface area contributed by atoms with Crippen LogP contribution in [-0.4, -0.2) is 19.7 Å². The zero-order valence-corrected chi connectivity index (χ0v) is 10.1. The summed E-state index contributed by atoms with van der Waals surface area (Å²) in [6.45, 7) is 3.98. The highest BCUT2D eigenvalue weighted by molar-refractivity contribution is 9.10. The molecule has 2 aromatic heterocycles. The number of hydrogen-bond acceptors (Lipinski definition) is 5. The molecule has 0 fully saturated rings. The predicted octanol–water partition coefficient (Wildman–Crippen LogP) is 1.69. The Kier molecular flexibility index (Phi) is 2.28. The van der Waals surface area contributed by atoms with Crippen molar-refractivity contribution in [3.8, 4) is 5.13 Å². The lowest BCUT2D eigenvalue weighted by Crippen LogP contribution is -1.97. The van der Waals surface area contributed by atoms with E-state index in [2.05, 4.69) is 31.0 Å². The first kappa shape index (κ1) is 9.60. The molecule has 14 heavy (non-hydrogen) atoms. The van der Waals surface area contributed by atoms with Gasteiger partial charge in [-0.2, -0.15) is 9.67 Å². The highest BCUT2D eigenvalue weighted by Crippen LogP contribution is 2.22. The third-order valence-electron chi connectivity index (χ3n) is 1.78. The summed E-state index contributed by atoms with van der Waals surface area (Å²) in [5, 5.41) is 4.79. The number of rotatable bonds is 1. The molecular formula is C7H8BrN5S. The Morgan fingerprint density at radius 2 is 2.07 bits per heavy atom. The van der Waals surface area contributed by atoms with E-state index in [4.69, 9.17) is 5.73 Å². The second-order valence-corrected chi connectivity index (χ2v) is 4.68. The minimum atomic E-state index is 0.238. The molecule has 0 aliphatic carbocycles. The van der Waals surface area contributed by atoms with Crippen LogP contribution in [-0.2, 0) is 0 Å². The third kappa shape index (κ3) is 1.53. The molecule has 74 valence electrons. The number of halogens is 1. The summed E-state index contributed by atoms with van der Waals surface area (Å²) in [4.78, 5) is 9.45. The van der Waals surface area contributed by atoms with E-state index in [1.165, 1.54) is 4.88 Å². The maximum Gasteiger partial charge on any atom is 0.241 e. The van der Waals surface area contributed by atoms with Gasteiger partial charge < -0.3 is 5.73 Å². The van der Waals surface area contributed by atoms with Crippen molar-refractivity contribution in [3.63, 3.8) is 0 Å². The first-order chi connectivity index (χ1) is 6.58. The Bertz CT molecular complexity index is 455. The first-order valence-corrected chi connectivity index (χ1v) is 5.51. The van der Waals surface area contributed by atoms with Gasteiger partial charge in [0.25, 0.3) is 0 Å². The highest BCUT2D eigenvalue weighted by Gasteiger charge is 2.11. The second-order valence-electron chi connectivity index (χ2n) is 2.79. The van der Waals surface area contributed by atoms with Crippen molar-refractivity contribution >= 4 is 33.2 Å². The molecule has 0 aliphatic rings. The van der Waals surface area contributed by atoms with Crippen molar-refractivity contribution in [3.05, 3.63) is 15.3 Å². The van der Waals surface area contributed by atoms with E-state index in [-0.39, 0.29) is 5.95 Å². The van der Waals surface area contributed by atoms with Gasteiger partial charge in [-0.1, -0.05) is 11.3 Å². The van der Waals surface area contributed by atoms with Crippen molar-refractivity contribution in [1.82, 2.24) is 19.7 Å². The summed E-state index contributed by atoms with van der Waals surface area (Å²) < 4.78 is 2.16. The molecular weight excluding hydrogens is 266 g/mol. The van der Waals surface area contributed by atoms with Crippen molar-refractivity contribution in [2.45, 2.75) is 13.8 Å². The summed E-state index contributed by atoms with van der Waals surface area (Å²) in [5.41, 5.74) is 6.47. The van der Waals surface area contributed by atoms with Gasteiger partial charge in [-0.15, -0.1) is 5.10 Å². The quantitative estimate of drug-likeness (QED) is 0.859. The lowest BCUT2D eigenvalue weighted by Gasteiger charge is -1.92. The molecule has 2 N–H and O–H groups in total. The Labute approximate surface area is 93.1 Å². The smallest absolute Gasteiger partial charge is 0.241 e. The van der Waals surface area contributed by atoms with Crippen LogP contribution in [0.25, 0.3) is 5.13 Å². The molecule has 0 spiro atoms. The number of hydrogen-bond donors (Lipinski definition) is 1. The van der Waals surface area contributed by atoms with Gasteiger partial charge in [0.1, 0.15) is 0 Å². The van der Waals surface area contributed by atoms with Crippen molar-refractivity contribution in [2.24, 2.45) is 0 Å². The van der Waals surface area contributed by atoms with Gasteiger partial charge in [-0.05, 0) is 29.8 Å². The van der Waals surface area contributed by atoms with Gasteiger partial charge in [0.05, 0.1) is 5.69 Å². The van der Waals surface area contributed by atoms with Gasteiger partial charge in [-0.3, -0.25) is 0 Å². The topological polar surface area (TPSA) is 69.6 Å². The lowest BCUT2D eigenvalue weighted by atomic mass is 10.4. The Morgan fingerprint density at radius 3 is 2.50 bits per heavy atom. The van der Waals surface area contributed by atoms with E-state index in [1.807, 2.05) is 13.8 Å². The summed E-state index contributed by atoms with van der Waals surface area (Å²) in [5.74, 6) is 0.238. The number of nitrogens with zero attached hydrogens (tertiary/aromatic N) is 4. The fourth-order valence-corrected chi connectivity index (χ4v) is 2.39. The van der Waals surface area contributed by atoms with Gasteiger partial charge in [-0.25, -0.2) is 4.98 Å². The van der Waals surface area contributed by atoms with E-state index in [1.54, 1.807) is 16.0 Å². The van der Waals surface area contributed by atoms with Crippen LogP contribution >= 0.6 is 27.3 Å². The normalized spacial score (nSPS) is 10.8. The first-order valence-electron chi connectivity index (χ1n) is 3.90. The Morgan fingerprint density at radius 1 is 1.36 bits per heavy atom. The third-order valence-corrected chi connectivity index (χ3v) is 3.34. The minimum absolute atomic E-state index is 0.238. The van der Waals surface area contributed by atoms with E-state index < -0.39 is 0 Å². The van der Waals surface area contributed by atoms with E-state index in [0.717, 1.165) is 10.8 Å². The van der Waals surface area contributed by atoms with Crippen LogP contribution in [0.1, 0.15) is 10.6 Å². The number of nitrogen functional groups attached to an aromatic ring is 1. The van der Waals surface area contributed by atoms with Gasteiger partial charge >= 0.3 is 0 Å². The molecule has 0 amide bonds. The molecule has 0 atom stereocenters. The Balaban J connectivity index is 2.54. The number of aryl methyl sites for hydroxylation is 2. The molecule has 0 aliphatic heterocycles. The Hall–Kier alpha value is -0.950. The van der Waals surface area contributed by atoms with Crippen LogP contribution in [0.4, 0.5) is 5.95 Å². The zero-order valence-electron chi connectivity index (χ0n) is 7.65. The monoisotopic (exact) mass is 273 g/mol. The summed E-state index contributed by atoms with van der Waals surface area (Å²) in [7, 11) is 0. The van der Waals surface area contributed by atoms with Crippen LogP contribution in [0.5, 0.6) is 0 Å². The van der Waals surface area contributed by atoms with Gasteiger partial charge in [0.15, 0.2) is 0 Å². The highest BCUT2D eigenvalue weighted by atomic mass is 79.9. The van der Waals surface area contributed by atoms with Crippen LogP contribution in [0, 0.1) is 13.8 Å². The summed E-state index contributed by atoms with van der Waals surface area (Å²) in [6, 6.07) is 0.